The number of hydrogen-bond donors (Lipinski definition) is 0. The van der Waals surface area contributed by atoms with Crippen molar-refractivity contribution >= 4 is 35.0 Å². The van der Waals surface area contributed by atoms with Crippen molar-refractivity contribution in [2.24, 2.45) is 0 Å². The van der Waals surface area contributed by atoms with Crippen LogP contribution in [0.2, 0.25) is 0 Å². The molecule has 0 unspecified atom stereocenters. The van der Waals surface area contributed by atoms with Gasteiger partial charge in [0.05, 0.1) is 38.5 Å². The molecule has 0 aromatic heterocycles. The molecule has 2 aromatic carbocycles. The molecule has 0 radical (unpaired) electrons. The average Bonchev–Trinajstić information content (AvgIpc) is 3.00. The quantitative estimate of drug-likeness (QED) is 0.456. The fourth-order valence-corrected chi connectivity index (χ4v) is 3.43. The van der Waals surface area contributed by atoms with Crippen molar-refractivity contribution in [3.8, 4) is 11.5 Å². The highest BCUT2D eigenvalue weighted by Gasteiger charge is 2.38. The van der Waals surface area contributed by atoms with E-state index in [1.54, 1.807) is 42.5 Å². The van der Waals surface area contributed by atoms with Crippen molar-refractivity contribution in [1.82, 2.24) is 4.90 Å². The summed E-state index contributed by atoms with van der Waals surface area (Å²) in [4.78, 5) is 38.6. The molecule has 2 aromatic rings. The van der Waals surface area contributed by atoms with E-state index < -0.39 is 17.8 Å². The van der Waals surface area contributed by atoms with Crippen molar-refractivity contribution in [2.75, 3.05) is 20.8 Å². The van der Waals surface area contributed by atoms with Crippen LogP contribution in [-0.2, 0) is 20.9 Å². The Balaban J connectivity index is 1.79. The summed E-state index contributed by atoms with van der Waals surface area (Å²) in [5.74, 6) is -0.589. The number of nitrogens with zero attached hydrogens (tertiary/aromatic N) is 1. The molecule has 1 aliphatic rings. The number of carbonyl (C=O) groups excluding carboxylic acids is 3. The maximum atomic E-state index is 13.0. The van der Waals surface area contributed by atoms with Crippen LogP contribution in [0.1, 0.15) is 34.8 Å². The van der Waals surface area contributed by atoms with Crippen LogP contribution in [0, 0.1) is 0 Å². The van der Waals surface area contributed by atoms with Crippen LogP contribution in [0.25, 0.3) is 5.57 Å². The second kappa shape index (κ2) is 9.66. The maximum Gasteiger partial charge on any atom is 0.338 e. The van der Waals surface area contributed by atoms with E-state index in [4.69, 9.17) is 25.8 Å². The number of hydrogen-bond acceptors (Lipinski definition) is 6. The number of rotatable bonds is 8. The number of carbonyl (C=O) groups is 3. The molecule has 0 spiro atoms. The van der Waals surface area contributed by atoms with Crippen LogP contribution in [-0.4, -0.2) is 43.5 Å². The smallest absolute Gasteiger partial charge is 0.338 e. The SMILES string of the molecule is CCCOC(=O)c1ccc(CN2C(=O)C(Cl)=C(c3ccc(OC)c(OC)c3)C2=O)cc1. The minimum absolute atomic E-state index is 0.0228. The Morgan fingerprint density at radius 2 is 1.65 bits per heavy atom. The number of esters is 1. The molecule has 0 aliphatic carbocycles. The van der Waals surface area contributed by atoms with Crippen LogP contribution in [0.15, 0.2) is 47.5 Å². The van der Waals surface area contributed by atoms with Gasteiger partial charge in [-0.2, -0.15) is 0 Å². The topological polar surface area (TPSA) is 82.1 Å². The summed E-state index contributed by atoms with van der Waals surface area (Å²) in [6, 6.07) is 11.4. The first kappa shape index (κ1) is 22.4. The molecule has 1 aliphatic heterocycles. The molecule has 2 amide bonds. The van der Waals surface area contributed by atoms with Crippen LogP contribution < -0.4 is 9.47 Å². The number of amides is 2. The first-order valence-electron chi connectivity index (χ1n) is 9.65. The van der Waals surface area contributed by atoms with E-state index in [0.29, 0.717) is 34.8 Å². The normalized spacial score (nSPS) is 13.6. The van der Waals surface area contributed by atoms with Crippen molar-refractivity contribution < 1.29 is 28.6 Å². The van der Waals surface area contributed by atoms with Gasteiger partial charge in [-0.15, -0.1) is 0 Å². The molecule has 1 heterocycles. The van der Waals surface area contributed by atoms with Crippen molar-refractivity contribution in [3.05, 3.63) is 64.2 Å². The van der Waals surface area contributed by atoms with Crippen molar-refractivity contribution in [3.63, 3.8) is 0 Å². The summed E-state index contributed by atoms with van der Waals surface area (Å²) in [5, 5.41) is -0.156. The highest BCUT2D eigenvalue weighted by Crippen LogP contribution is 2.36. The van der Waals surface area contributed by atoms with Gasteiger partial charge in [0.15, 0.2) is 11.5 Å². The third kappa shape index (κ3) is 4.56. The molecule has 8 heteroatoms. The molecule has 0 fully saturated rings. The van der Waals surface area contributed by atoms with Gasteiger partial charge < -0.3 is 14.2 Å². The Hall–Kier alpha value is -3.32. The number of imide groups is 1. The zero-order chi connectivity index (χ0) is 22.5. The van der Waals surface area contributed by atoms with Gasteiger partial charge in [0.2, 0.25) is 0 Å². The lowest BCUT2D eigenvalue weighted by Crippen LogP contribution is -2.30. The fraction of sp³-hybridized carbons (Fsp3) is 0.261. The van der Waals surface area contributed by atoms with E-state index in [2.05, 4.69) is 0 Å². The lowest BCUT2D eigenvalue weighted by molar-refractivity contribution is -0.137. The summed E-state index contributed by atoms with van der Waals surface area (Å²) in [6.45, 7) is 2.28. The standard InChI is InChI=1S/C23H22ClNO6/c1-4-11-31-23(28)15-7-5-14(6-8-15)13-25-21(26)19(20(24)22(25)27)16-9-10-17(29-2)18(12-16)30-3/h5-10,12H,4,11,13H2,1-3H3. The maximum absolute atomic E-state index is 13.0. The lowest BCUT2D eigenvalue weighted by atomic mass is 10.1. The molecule has 7 nitrogen and oxygen atoms in total. The zero-order valence-electron chi connectivity index (χ0n) is 17.4. The summed E-state index contributed by atoms with van der Waals surface area (Å²) in [5.41, 5.74) is 1.63. The van der Waals surface area contributed by atoms with Gasteiger partial charge in [-0.3, -0.25) is 14.5 Å². The minimum Gasteiger partial charge on any atom is -0.493 e. The van der Waals surface area contributed by atoms with Gasteiger partial charge in [-0.1, -0.05) is 36.7 Å². The third-order valence-electron chi connectivity index (χ3n) is 4.75. The Labute approximate surface area is 185 Å². The predicted molar refractivity (Wildman–Crippen MR) is 115 cm³/mol. The largest absolute Gasteiger partial charge is 0.493 e. The highest BCUT2D eigenvalue weighted by molar-refractivity contribution is 6.55. The van der Waals surface area contributed by atoms with Crippen molar-refractivity contribution in [2.45, 2.75) is 19.9 Å². The van der Waals surface area contributed by atoms with Crippen molar-refractivity contribution in [1.29, 1.82) is 0 Å². The number of ether oxygens (including phenoxy) is 3. The molecular weight excluding hydrogens is 422 g/mol. The second-order valence-corrected chi connectivity index (χ2v) is 7.17. The van der Waals surface area contributed by atoms with E-state index in [-0.39, 0.29) is 17.2 Å². The Morgan fingerprint density at radius 1 is 0.968 bits per heavy atom. The fourth-order valence-electron chi connectivity index (χ4n) is 3.14. The number of methoxy groups -OCH3 is 2. The Kier molecular flexibility index (Phi) is 6.97. The first-order chi connectivity index (χ1) is 14.9. The number of halogens is 1. The summed E-state index contributed by atoms with van der Waals surface area (Å²) in [7, 11) is 2.98. The molecule has 31 heavy (non-hydrogen) atoms. The molecule has 0 N–H and O–H groups in total. The van der Waals surface area contributed by atoms with Gasteiger partial charge in [0, 0.05) is 0 Å². The highest BCUT2D eigenvalue weighted by atomic mass is 35.5. The minimum atomic E-state index is -0.581. The monoisotopic (exact) mass is 443 g/mol. The van der Waals surface area contributed by atoms with E-state index >= 15 is 0 Å². The van der Waals surface area contributed by atoms with Crippen LogP contribution >= 0.6 is 11.6 Å². The van der Waals surface area contributed by atoms with E-state index in [0.717, 1.165) is 11.3 Å². The predicted octanol–water partition coefficient (Wildman–Crippen LogP) is 3.79. The Morgan fingerprint density at radius 3 is 2.26 bits per heavy atom. The molecule has 0 atom stereocenters. The molecule has 0 saturated carbocycles. The van der Waals surface area contributed by atoms with E-state index in [1.807, 2.05) is 6.92 Å². The first-order valence-corrected chi connectivity index (χ1v) is 10.0. The molecule has 3 rings (SSSR count). The van der Waals surface area contributed by atoms with Gasteiger partial charge in [0.25, 0.3) is 11.8 Å². The van der Waals surface area contributed by atoms with E-state index in [1.165, 1.54) is 14.2 Å². The molecule has 0 bridgehead atoms. The van der Waals surface area contributed by atoms with Crippen LogP contribution in [0.4, 0.5) is 0 Å². The summed E-state index contributed by atoms with van der Waals surface area (Å²) < 4.78 is 15.6. The van der Waals surface area contributed by atoms with Crippen LogP contribution in [0.3, 0.4) is 0 Å². The van der Waals surface area contributed by atoms with Gasteiger partial charge in [0.1, 0.15) is 5.03 Å². The van der Waals surface area contributed by atoms with Crippen LogP contribution in [0.5, 0.6) is 11.5 Å². The molecule has 0 saturated heterocycles. The molecule has 162 valence electrons. The van der Waals surface area contributed by atoms with E-state index in [9.17, 15) is 14.4 Å². The second-order valence-electron chi connectivity index (χ2n) is 6.79. The number of benzene rings is 2. The van der Waals surface area contributed by atoms with Gasteiger partial charge in [-0.25, -0.2) is 4.79 Å². The zero-order valence-corrected chi connectivity index (χ0v) is 18.2. The van der Waals surface area contributed by atoms with Gasteiger partial charge in [-0.05, 0) is 41.8 Å². The van der Waals surface area contributed by atoms with Gasteiger partial charge >= 0.3 is 5.97 Å². The summed E-state index contributed by atoms with van der Waals surface area (Å²) >= 11 is 6.24. The summed E-state index contributed by atoms with van der Waals surface area (Å²) in [6.07, 6.45) is 0.735. The average molecular weight is 444 g/mol. The third-order valence-corrected chi connectivity index (χ3v) is 5.10. The Bertz CT molecular complexity index is 1040. The molecular formula is C23H22ClNO6. The lowest BCUT2D eigenvalue weighted by Gasteiger charge is -2.15.